The zero-order valence-corrected chi connectivity index (χ0v) is 22.0. The molecular weight excluding hydrogens is 511 g/mol. The van der Waals surface area contributed by atoms with E-state index in [2.05, 4.69) is 20.6 Å². The van der Waals surface area contributed by atoms with Crippen LogP contribution in [0.25, 0.3) is 11.0 Å². The number of hydrogen-bond donors (Lipinski definition) is 4. The minimum Gasteiger partial charge on any atom is -0.486 e. The summed E-state index contributed by atoms with van der Waals surface area (Å²) < 4.78 is 21.2. The monoisotopic (exact) mass is 542 g/mol. The first-order chi connectivity index (χ1) is 18.5. The van der Waals surface area contributed by atoms with E-state index in [1.807, 2.05) is 0 Å². The van der Waals surface area contributed by atoms with Crippen molar-refractivity contribution in [3.63, 3.8) is 0 Å². The number of aromatic nitrogens is 3. The Bertz CT molecular complexity index is 1440. The molecule has 39 heavy (non-hydrogen) atoms. The molecule has 0 radical (unpaired) electrons. The van der Waals surface area contributed by atoms with Gasteiger partial charge in [0.2, 0.25) is 11.8 Å². The lowest BCUT2D eigenvalue weighted by molar-refractivity contribution is -0.123. The van der Waals surface area contributed by atoms with Crippen LogP contribution in [-0.2, 0) is 16.1 Å². The summed E-state index contributed by atoms with van der Waals surface area (Å²) >= 11 is 0. The van der Waals surface area contributed by atoms with Gasteiger partial charge in [-0.1, -0.05) is 6.08 Å². The number of carbonyl (C=O) groups is 3. The van der Waals surface area contributed by atoms with Crippen LogP contribution in [0.2, 0.25) is 0 Å². The first-order valence-electron chi connectivity index (χ1n) is 12.2. The number of aromatic amines is 1. The van der Waals surface area contributed by atoms with Gasteiger partial charge in [0, 0.05) is 26.0 Å². The van der Waals surface area contributed by atoms with Crippen molar-refractivity contribution in [3.05, 3.63) is 64.6 Å². The van der Waals surface area contributed by atoms with Gasteiger partial charge in [-0.2, -0.15) is 0 Å². The number of carbonyl (C=O) groups excluding carboxylic acids is 2. The first kappa shape index (κ1) is 28.9. The Kier molecular flexibility index (Phi) is 9.42. The summed E-state index contributed by atoms with van der Waals surface area (Å²) in [5, 5.41) is 13.8. The third kappa shape index (κ3) is 7.66. The molecular formula is C26H31FN6O6. The van der Waals surface area contributed by atoms with E-state index in [9.17, 15) is 23.6 Å². The van der Waals surface area contributed by atoms with Crippen molar-refractivity contribution in [2.45, 2.75) is 45.4 Å². The average molecular weight is 543 g/mol. The smallest absolute Gasteiger partial charge is 0.405 e. The van der Waals surface area contributed by atoms with E-state index < -0.39 is 29.4 Å². The largest absolute Gasteiger partial charge is 0.486 e. The van der Waals surface area contributed by atoms with Crippen LogP contribution in [0.4, 0.5) is 14.9 Å². The van der Waals surface area contributed by atoms with E-state index in [1.165, 1.54) is 27.8 Å². The Labute approximate surface area is 223 Å². The minimum absolute atomic E-state index is 0.0347. The van der Waals surface area contributed by atoms with Crippen molar-refractivity contribution in [3.8, 4) is 5.75 Å². The third-order valence-corrected chi connectivity index (χ3v) is 5.52. The van der Waals surface area contributed by atoms with Crippen LogP contribution in [0.1, 0.15) is 32.4 Å². The Hall–Kier alpha value is -4.68. The second-order valence-electron chi connectivity index (χ2n) is 9.22. The number of carboxylic acid groups (broad SMARTS) is 1. The number of allylic oxidation sites excluding steroid dienone is 1. The molecule has 0 bridgehead atoms. The van der Waals surface area contributed by atoms with Crippen LogP contribution < -0.4 is 20.9 Å². The maximum atomic E-state index is 14.3. The topological polar surface area (TPSA) is 159 Å². The van der Waals surface area contributed by atoms with Gasteiger partial charge < -0.3 is 34.9 Å². The van der Waals surface area contributed by atoms with Crippen LogP contribution in [0, 0.1) is 5.82 Å². The van der Waals surface area contributed by atoms with Crippen LogP contribution in [0.3, 0.4) is 0 Å². The number of nitrogens with zero attached hydrogens (tertiary/aromatic N) is 3. The second kappa shape index (κ2) is 12.7. The van der Waals surface area contributed by atoms with Crippen LogP contribution in [0.5, 0.6) is 5.75 Å². The van der Waals surface area contributed by atoms with Crippen LogP contribution in [-0.4, -0.2) is 68.7 Å². The number of likely N-dealkylation sites (N-methyl/N-ethyl adjacent to an activating group) is 1. The van der Waals surface area contributed by atoms with Crippen molar-refractivity contribution in [1.29, 1.82) is 0 Å². The number of halogens is 1. The lowest BCUT2D eigenvalue weighted by Gasteiger charge is -2.16. The second-order valence-corrected chi connectivity index (χ2v) is 9.22. The quantitative estimate of drug-likeness (QED) is 0.271. The molecule has 0 fully saturated rings. The normalized spacial score (nSPS) is 12.1. The molecule has 3 rings (SSSR count). The molecule has 0 aliphatic carbocycles. The van der Waals surface area contributed by atoms with E-state index in [-0.39, 0.29) is 42.8 Å². The molecule has 208 valence electrons. The summed E-state index contributed by atoms with van der Waals surface area (Å²) in [5.41, 5.74) is 0.783. The van der Waals surface area contributed by atoms with Gasteiger partial charge in [0.1, 0.15) is 17.2 Å². The molecule has 0 saturated carbocycles. The molecule has 0 aliphatic rings. The van der Waals surface area contributed by atoms with Crippen molar-refractivity contribution in [2.75, 3.05) is 19.4 Å². The van der Waals surface area contributed by atoms with Gasteiger partial charge in [-0.3, -0.25) is 19.4 Å². The van der Waals surface area contributed by atoms with Crippen molar-refractivity contribution in [2.24, 2.45) is 0 Å². The molecule has 3 aromatic rings. The van der Waals surface area contributed by atoms with E-state index in [0.29, 0.717) is 16.7 Å². The SMILES string of the molecule is CC(C)Oc1c(F)cnc2cc(Cn3cccc(NC(=O)[C@H](CC/C=C/C(=O)N(C)C)NC(=O)O)c3=O)[nH]c12. The summed E-state index contributed by atoms with van der Waals surface area (Å²) in [6, 6.07) is 3.46. The summed E-state index contributed by atoms with van der Waals surface area (Å²) in [6.07, 6.45) is 4.09. The molecule has 3 heterocycles. The average Bonchev–Trinajstić information content (AvgIpc) is 3.27. The zero-order chi connectivity index (χ0) is 28.7. The summed E-state index contributed by atoms with van der Waals surface area (Å²) in [5.74, 6) is -1.55. The Balaban J connectivity index is 1.77. The fourth-order valence-corrected chi connectivity index (χ4v) is 3.69. The highest BCUT2D eigenvalue weighted by molar-refractivity contribution is 5.96. The highest BCUT2D eigenvalue weighted by Gasteiger charge is 2.21. The minimum atomic E-state index is -1.40. The molecule has 4 N–H and O–H groups in total. The predicted molar refractivity (Wildman–Crippen MR) is 142 cm³/mol. The van der Waals surface area contributed by atoms with E-state index >= 15 is 0 Å². The molecule has 1 atom stereocenters. The maximum absolute atomic E-state index is 14.3. The molecule has 0 spiro atoms. The lowest BCUT2D eigenvalue weighted by Crippen LogP contribution is -2.44. The molecule has 3 aromatic heterocycles. The van der Waals surface area contributed by atoms with E-state index in [1.54, 1.807) is 46.2 Å². The number of amides is 3. The number of pyridine rings is 2. The standard InChI is InChI=1S/C26H31FN6O6/c1-15(2)39-23-17(27)13-28-20-12-16(29-22(20)23)14-33-11-7-9-19(25(33)36)30-24(35)18(31-26(37)38)8-5-6-10-21(34)32(3)4/h6-7,9-13,15,18,29,31H,5,8,14H2,1-4H3,(H,30,35)(H,37,38)/b10-6+/t18-/m0/s1. The molecule has 0 aliphatic heterocycles. The number of fused-ring (bicyclic) bond motifs is 1. The van der Waals surface area contributed by atoms with Gasteiger partial charge in [-0.15, -0.1) is 0 Å². The summed E-state index contributed by atoms with van der Waals surface area (Å²) in [4.78, 5) is 57.3. The number of H-pyrrole nitrogens is 1. The zero-order valence-electron chi connectivity index (χ0n) is 22.0. The van der Waals surface area contributed by atoms with Crippen LogP contribution in [0.15, 0.2) is 47.5 Å². The fourth-order valence-electron chi connectivity index (χ4n) is 3.69. The van der Waals surface area contributed by atoms with Gasteiger partial charge in [0.25, 0.3) is 5.56 Å². The Morgan fingerprint density at radius 2 is 2.05 bits per heavy atom. The molecule has 0 saturated heterocycles. The van der Waals surface area contributed by atoms with Gasteiger partial charge in [0.15, 0.2) is 11.6 Å². The number of hydrogen-bond acceptors (Lipinski definition) is 6. The van der Waals surface area contributed by atoms with Crippen molar-refractivity contribution < 1.29 is 28.6 Å². The number of ether oxygens (including phenoxy) is 1. The molecule has 3 amide bonds. The van der Waals surface area contributed by atoms with E-state index in [4.69, 9.17) is 9.84 Å². The van der Waals surface area contributed by atoms with Gasteiger partial charge in [-0.05, 0) is 51.0 Å². The first-order valence-corrected chi connectivity index (χ1v) is 12.2. The number of nitrogens with one attached hydrogen (secondary N) is 3. The van der Waals surface area contributed by atoms with Crippen molar-refractivity contribution >= 4 is 34.6 Å². The third-order valence-electron chi connectivity index (χ3n) is 5.52. The number of anilines is 1. The lowest BCUT2D eigenvalue weighted by atomic mass is 10.1. The summed E-state index contributed by atoms with van der Waals surface area (Å²) in [7, 11) is 3.18. The molecule has 13 heteroatoms. The Morgan fingerprint density at radius 3 is 2.72 bits per heavy atom. The molecule has 12 nitrogen and oxygen atoms in total. The summed E-state index contributed by atoms with van der Waals surface area (Å²) in [6.45, 7) is 3.60. The van der Waals surface area contributed by atoms with E-state index in [0.717, 1.165) is 6.20 Å². The van der Waals surface area contributed by atoms with Crippen LogP contribution >= 0.6 is 0 Å². The predicted octanol–water partition coefficient (Wildman–Crippen LogP) is 2.70. The molecule has 0 unspecified atom stereocenters. The van der Waals surface area contributed by atoms with Gasteiger partial charge in [0.05, 0.1) is 24.4 Å². The number of rotatable bonds is 11. The highest BCUT2D eigenvalue weighted by Crippen LogP contribution is 2.28. The van der Waals surface area contributed by atoms with Gasteiger partial charge >= 0.3 is 6.09 Å². The Morgan fingerprint density at radius 1 is 1.31 bits per heavy atom. The maximum Gasteiger partial charge on any atom is 0.405 e. The van der Waals surface area contributed by atoms with Gasteiger partial charge in [-0.25, -0.2) is 9.18 Å². The fraction of sp³-hybridized carbons (Fsp3) is 0.346. The highest BCUT2D eigenvalue weighted by atomic mass is 19.1. The molecule has 0 aromatic carbocycles. The van der Waals surface area contributed by atoms with Crippen molar-refractivity contribution in [1.82, 2.24) is 24.8 Å².